The fraction of sp³-hybridized carbons (Fsp3) is 0.417. The number of amidine groups is 1. The number of rotatable bonds is 2. The third kappa shape index (κ3) is 1.76. The lowest BCUT2D eigenvalue weighted by molar-refractivity contribution is 0.897. The molecule has 0 spiro atoms. The van der Waals surface area contributed by atoms with E-state index >= 15 is 0 Å². The molecule has 4 heteroatoms. The number of nitrogens with zero attached hydrogens (tertiary/aromatic N) is 2. The van der Waals surface area contributed by atoms with E-state index in [9.17, 15) is 0 Å². The highest BCUT2D eigenvalue weighted by Crippen LogP contribution is 2.30. The van der Waals surface area contributed by atoms with Crippen molar-refractivity contribution in [3.8, 4) is 0 Å². The van der Waals surface area contributed by atoms with Gasteiger partial charge in [0, 0.05) is 23.8 Å². The number of fused-ring (bicyclic) bond motifs is 1. The fourth-order valence-electron chi connectivity index (χ4n) is 2.34. The Hall–Kier alpha value is -1.22. The summed E-state index contributed by atoms with van der Waals surface area (Å²) < 4.78 is 0. The molecule has 2 aliphatic heterocycles. The molecule has 1 aromatic rings. The molecule has 0 saturated carbocycles. The fourth-order valence-corrected chi connectivity index (χ4v) is 2.53. The Balaban J connectivity index is 1.80. The predicted molar refractivity (Wildman–Crippen MR) is 67.7 cm³/mol. The Kier molecular flexibility index (Phi) is 2.48. The summed E-state index contributed by atoms with van der Waals surface area (Å²) in [7, 11) is 0. The first-order chi connectivity index (χ1) is 7.83. The van der Waals surface area contributed by atoms with Crippen LogP contribution in [0.15, 0.2) is 23.2 Å². The summed E-state index contributed by atoms with van der Waals surface area (Å²) in [5.41, 5.74) is 2.66. The van der Waals surface area contributed by atoms with Crippen LogP contribution < -0.4 is 10.2 Å². The summed E-state index contributed by atoms with van der Waals surface area (Å²) in [5.74, 6) is 1.11. The van der Waals surface area contributed by atoms with Crippen LogP contribution in [0.3, 0.4) is 0 Å². The Bertz CT molecular complexity index is 442. The van der Waals surface area contributed by atoms with Crippen molar-refractivity contribution in [2.24, 2.45) is 4.99 Å². The number of halogens is 1. The molecule has 1 N–H and O–H groups in total. The number of nitrogens with one attached hydrogen (secondary N) is 1. The second-order valence-corrected chi connectivity index (χ2v) is 4.64. The molecule has 0 bridgehead atoms. The number of aliphatic imine (C=N–C) groups is 1. The van der Waals surface area contributed by atoms with E-state index in [1.807, 2.05) is 6.07 Å². The highest BCUT2D eigenvalue weighted by atomic mass is 35.5. The van der Waals surface area contributed by atoms with Gasteiger partial charge in [-0.2, -0.15) is 0 Å². The quantitative estimate of drug-likeness (QED) is 0.845. The first kappa shape index (κ1) is 9.97. The first-order valence-electron chi connectivity index (χ1n) is 5.63. The Morgan fingerprint density at radius 3 is 3.19 bits per heavy atom. The van der Waals surface area contributed by atoms with Gasteiger partial charge in [0.2, 0.25) is 0 Å². The smallest absolute Gasteiger partial charge is 0.116 e. The van der Waals surface area contributed by atoms with Gasteiger partial charge in [0.15, 0.2) is 0 Å². The van der Waals surface area contributed by atoms with Crippen LogP contribution in [0, 0.1) is 0 Å². The maximum atomic E-state index is 5.99. The van der Waals surface area contributed by atoms with Crippen molar-refractivity contribution in [3.63, 3.8) is 0 Å². The average molecular weight is 236 g/mol. The molecule has 0 atom stereocenters. The van der Waals surface area contributed by atoms with Crippen molar-refractivity contribution in [1.29, 1.82) is 0 Å². The summed E-state index contributed by atoms with van der Waals surface area (Å²) in [6, 6.07) is 6.14. The lowest BCUT2D eigenvalue weighted by Gasteiger charge is -2.19. The maximum Gasteiger partial charge on any atom is 0.116 e. The van der Waals surface area contributed by atoms with Crippen molar-refractivity contribution >= 4 is 23.1 Å². The van der Waals surface area contributed by atoms with E-state index in [4.69, 9.17) is 11.6 Å². The zero-order valence-electron chi connectivity index (χ0n) is 9.04. The SMILES string of the molecule is Clc1ccc2c(c1)CCN2CC1=NCCN1. The van der Waals surface area contributed by atoms with Gasteiger partial charge in [0.05, 0.1) is 13.1 Å². The lowest BCUT2D eigenvalue weighted by Crippen LogP contribution is -2.34. The van der Waals surface area contributed by atoms with Crippen molar-refractivity contribution in [1.82, 2.24) is 5.32 Å². The zero-order chi connectivity index (χ0) is 11.0. The van der Waals surface area contributed by atoms with Crippen LogP contribution in [0.25, 0.3) is 0 Å². The highest BCUT2D eigenvalue weighted by Gasteiger charge is 2.21. The van der Waals surface area contributed by atoms with E-state index < -0.39 is 0 Å². The third-order valence-corrected chi connectivity index (χ3v) is 3.35. The summed E-state index contributed by atoms with van der Waals surface area (Å²) >= 11 is 5.99. The van der Waals surface area contributed by atoms with E-state index in [-0.39, 0.29) is 0 Å². The molecule has 1 aromatic carbocycles. The second-order valence-electron chi connectivity index (χ2n) is 4.20. The van der Waals surface area contributed by atoms with E-state index in [0.717, 1.165) is 43.5 Å². The van der Waals surface area contributed by atoms with Gasteiger partial charge in [-0.1, -0.05) is 11.6 Å². The molecule has 2 heterocycles. The standard InChI is InChI=1S/C12H14ClN3/c13-10-1-2-11-9(7-10)3-6-16(11)8-12-14-4-5-15-12/h1-2,7H,3-6,8H2,(H,14,15). The minimum absolute atomic E-state index is 0.830. The van der Waals surface area contributed by atoms with Crippen molar-refractivity contribution in [2.45, 2.75) is 6.42 Å². The summed E-state index contributed by atoms with van der Waals surface area (Å²) in [6.45, 7) is 3.86. The van der Waals surface area contributed by atoms with Crippen LogP contribution in [0.4, 0.5) is 5.69 Å². The maximum absolute atomic E-state index is 5.99. The van der Waals surface area contributed by atoms with Crippen LogP contribution in [-0.4, -0.2) is 32.0 Å². The molecule has 0 aliphatic carbocycles. The molecule has 3 rings (SSSR count). The van der Waals surface area contributed by atoms with Gasteiger partial charge in [-0.05, 0) is 30.2 Å². The molecule has 84 valence electrons. The average Bonchev–Trinajstić information content (AvgIpc) is 2.89. The summed E-state index contributed by atoms with van der Waals surface area (Å²) in [4.78, 5) is 6.79. The van der Waals surface area contributed by atoms with Gasteiger partial charge >= 0.3 is 0 Å². The molecule has 0 aromatic heterocycles. The number of hydrogen-bond acceptors (Lipinski definition) is 3. The topological polar surface area (TPSA) is 27.6 Å². The minimum Gasteiger partial charge on any atom is -0.370 e. The molecular formula is C12H14ClN3. The molecule has 0 radical (unpaired) electrons. The van der Waals surface area contributed by atoms with Crippen LogP contribution in [0.1, 0.15) is 5.56 Å². The van der Waals surface area contributed by atoms with E-state index in [1.165, 1.54) is 11.3 Å². The summed E-state index contributed by atoms with van der Waals surface area (Å²) in [5, 5.41) is 4.14. The Morgan fingerprint density at radius 2 is 2.38 bits per heavy atom. The molecule has 0 amide bonds. The van der Waals surface area contributed by atoms with Gasteiger partial charge in [0.1, 0.15) is 5.84 Å². The first-order valence-corrected chi connectivity index (χ1v) is 6.01. The molecule has 2 aliphatic rings. The molecule has 0 fully saturated rings. The monoisotopic (exact) mass is 235 g/mol. The Labute approximate surface area is 100 Å². The number of benzene rings is 1. The van der Waals surface area contributed by atoms with Crippen molar-refractivity contribution in [2.75, 3.05) is 31.1 Å². The lowest BCUT2D eigenvalue weighted by atomic mass is 10.2. The Morgan fingerprint density at radius 1 is 1.44 bits per heavy atom. The predicted octanol–water partition coefficient (Wildman–Crippen LogP) is 1.70. The van der Waals surface area contributed by atoms with Gasteiger partial charge in [-0.3, -0.25) is 4.99 Å². The van der Waals surface area contributed by atoms with Gasteiger partial charge < -0.3 is 10.2 Å². The van der Waals surface area contributed by atoms with Crippen molar-refractivity contribution in [3.05, 3.63) is 28.8 Å². The minimum atomic E-state index is 0.830. The van der Waals surface area contributed by atoms with Crippen LogP contribution in [-0.2, 0) is 6.42 Å². The van der Waals surface area contributed by atoms with E-state index in [0.29, 0.717) is 0 Å². The van der Waals surface area contributed by atoms with E-state index in [1.54, 1.807) is 0 Å². The van der Waals surface area contributed by atoms with Crippen LogP contribution >= 0.6 is 11.6 Å². The molecular weight excluding hydrogens is 222 g/mol. The number of anilines is 1. The van der Waals surface area contributed by atoms with E-state index in [2.05, 4.69) is 27.3 Å². The second kappa shape index (κ2) is 3.98. The van der Waals surface area contributed by atoms with Crippen LogP contribution in [0.5, 0.6) is 0 Å². The van der Waals surface area contributed by atoms with Crippen molar-refractivity contribution < 1.29 is 0 Å². The zero-order valence-corrected chi connectivity index (χ0v) is 9.80. The third-order valence-electron chi connectivity index (χ3n) is 3.12. The normalized spacial score (nSPS) is 18.3. The number of hydrogen-bond donors (Lipinski definition) is 1. The highest BCUT2D eigenvalue weighted by molar-refractivity contribution is 6.30. The van der Waals surface area contributed by atoms with Gasteiger partial charge in [0.25, 0.3) is 0 Å². The molecule has 0 unspecified atom stereocenters. The van der Waals surface area contributed by atoms with Gasteiger partial charge in [-0.15, -0.1) is 0 Å². The van der Waals surface area contributed by atoms with Crippen LogP contribution in [0.2, 0.25) is 5.02 Å². The van der Waals surface area contributed by atoms with Gasteiger partial charge in [-0.25, -0.2) is 0 Å². The largest absolute Gasteiger partial charge is 0.370 e. The molecule has 16 heavy (non-hydrogen) atoms. The molecule has 3 nitrogen and oxygen atoms in total. The summed E-state index contributed by atoms with van der Waals surface area (Å²) in [6.07, 6.45) is 1.09. The molecule has 0 saturated heterocycles.